The highest BCUT2D eigenvalue weighted by molar-refractivity contribution is 7.99. The quantitative estimate of drug-likeness (QED) is 0.287. The van der Waals surface area contributed by atoms with Gasteiger partial charge in [-0.05, 0) is 36.5 Å². The van der Waals surface area contributed by atoms with Gasteiger partial charge in [-0.15, -0.1) is 11.8 Å². The molecule has 0 saturated heterocycles. The number of oxime groups is 1. The number of thioether (sulfide) groups is 1. The summed E-state index contributed by atoms with van der Waals surface area (Å²) in [5.74, 6) is 2.96. The Bertz CT molecular complexity index is 544. The number of amidine groups is 1. The maximum atomic E-state index is 8.70. The van der Waals surface area contributed by atoms with E-state index in [1.807, 2.05) is 12.1 Å². The summed E-state index contributed by atoms with van der Waals surface area (Å²) < 4.78 is 11.3. The summed E-state index contributed by atoms with van der Waals surface area (Å²) in [5, 5.41) is 11.8. The standard InChI is InChI=1S/C15H20N2O3S/c16-14(17-18)9-15(4-5-15)10-21-11-2-3-12-13(8-11)20-7-1-6-19-12/h2-3,8,18H,1,4-7,9-10H2,(H2,16,17). The zero-order chi connectivity index (χ0) is 14.7. The van der Waals surface area contributed by atoms with Gasteiger partial charge < -0.3 is 20.4 Å². The van der Waals surface area contributed by atoms with Crippen LogP contribution in [0, 0.1) is 5.41 Å². The van der Waals surface area contributed by atoms with E-state index in [0.717, 1.165) is 36.5 Å². The van der Waals surface area contributed by atoms with Gasteiger partial charge in [0.25, 0.3) is 0 Å². The van der Waals surface area contributed by atoms with Crippen molar-refractivity contribution in [1.82, 2.24) is 0 Å². The van der Waals surface area contributed by atoms with Crippen LogP contribution in [0.5, 0.6) is 11.5 Å². The highest BCUT2D eigenvalue weighted by Gasteiger charge is 2.43. The van der Waals surface area contributed by atoms with Crippen LogP contribution in [-0.2, 0) is 0 Å². The SMILES string of the molecule is N/C(CC1(CSc2ccc3c(c2)OCCCO3)CC1)=N/O. The van der Waals surface area contributed by atoms with E-state index in [2.05, 4.69) is 11.2 Å². The third kappa shape index (κ3) is 3.56. The number of fused-ring (bicyclic) bond motifs is 1. The number of nitrogens with two attached hydrogens (primary N) is 1. The second kappa shape index (κ2) is 6.05. The summed E-state index contributed by atoms with van der Waals surface area (Å²) >= 11 is 1.79. The third-order valence-electron chi connectivity index (χ3n) is 3.91. The van der Waals surface area contributed by atoms with Crippen LogP contribution in [0.25, 0.3) is 0 Å². The van der Waals surface area contributed by atoms with Crippen molar-refractivity contribution in [3.05, 3.63) is 18.2 Å². The molecule has 2 aliphatic rings. The lowest BCUT2D eigenvalue weighted by atomic mass is 10.1. The lowest BCUT2D eigenvalue weighted by Crippen LogP contribution is -2.19. The minimum Gasteiger partial charge on any atom is -0.490 e. The number of rotatable bonds is 5. The molecule has 0 atom stereocenters. The second-order valence-electron chi connectivity index (χ2n) is 5.72. The van der Waals surface area contributed by atoms with Crippen LogP contribution in [0.15, 0.2) is 28.3 Å². The molecule has 0 amide bonds. The van der Waals surface area contributed by atoms with Crippen LogP contribution in [0.1, 0.15) is 25.7 Å². The van der Waals surface area contributed by atoms with Crippen molar-refractivity contribution in [1.29, 1.82) is 0 Å². The third-order valence-corrected chi connectivity index (χ3v) is 5.25. The van der Waals surface area contributed by atoms with Gasteiger partial charge in [0.2, 0.25) is 0 Å². The molecule has 6 heteroatoms. The van der Waals surface area contributed by atoms with E-state index in [1.165, 1.54) is 4.90 Å². The molecule has 0 unspecified atom stereocenters. The van der Waals surface area contributed by atoms with Gasteiger partial charge >= 0.3 is 0 Å². The van der Waals surface area contributed by atoms with Crippen molar-refractivity contribution in [3.63, 3.8) is 0 Å². The van der Waals surface area contributed by atoms with Gasteiger partial charge in [-0.1, -0.05) is 5.16 Å². The highest BCUT2D eigenvalue weighted by atomic mass is 32.2. The lowest BCUT2D eigenvalue weighted by Gasteiger charge is -2.14. The van der Waals surface area contributed by atoms with Gasteiger partial charge in [-0.2, -0.15) is 0 Å². The first kappa shape index (κ1) is 14.4. The summed E-state index contributed by atoms with van der Waals surface area (Å²) in [6.45, 7) is 1.41. The maximum Gasteiger partial charge on any atom is 0.162 e. The fourth-order valence-electron chi connectivity index (χ4n) is 2.44. The van der Waals surface area contributed by atoms with Gasteiger partial charge in [-0.25, -0.2) is 0 Å². The zero-order valence-electron chi connectivity index (χ0n) is 11.9. The minimum atomic E-state index is 0.200. The molecule has 1 aromatic carbocycles. The molecule has 114 valence electrons. The van der Waals surface area contributed by atoms with E-state index in [9.17, 15) is 0 Å². The predicted octanol–water partition coefficient (Wildman–Crippen LogP) is 2.86. The molecule has 21 heavy (non-hydrogen) atoms. The molecule has 5 nitrogen and oxygen atoms in total. The molecule has 1 saturated carbocycles. The normalized spacial score (nSPS) is 19.9. The van der Waals surface area contributed by atoms with Crippen molar-refractivity contribution in [2.24, 2.45) is 16.3 Å². The Morgan fingerprint density at radius 1 is 1.29 bits per heavy atom. The van der Waals surface area contributed by atoms with E-state index in [0.29, 0.717) is 25.5 Å². The van der Waals surface area contributed by atoms with E-state index in [1.54, 1.807) is 11.8 Å². The highest BCUT2D eigenvalue weighted by Crippen LogP contribution is 2.52. The summed E-state index contributed by atoms with van der Waals surface area (Å²) in [6, 6.07) is 6.09. The van der Waals surface area contributed by atoms with Gasteiger partial charge in [0, 0.05) is 23.5 Å². The Labute approximate surface area is 128 Å². The van der Waals surface area contributed by atoms with Crippen molar-refractivity contribution in [2.75, 3.05) is 19.0 Å². The van der Waals surface area contributed by atoms with Crippen LogP contribution in [0.3, 0.4) is 0 Å². The Morgan fingerprint density at radius 3 is 2.76 bits per heavy atom. The van der Waals surface area contributed by atoms with Crippen molar-refractivity contribution >= 4 is 17.6 Å². The first-order valence-electron chi connectivity index (χ1n) is 7.20. The van der Waals surface area contributed by atoms with Crippen LogP contribution in [-0.4, -0.2) is 30.0 Å². The number of ether oxygens (including phenoxy) is 2. The largest absolute Gasteiger partial charge is 0.490 e. The van der Waals surface area contributed by atoms with Crippen LogP contribution < -0.4 is 15.2 Å². The van der Waals surface area contributed by atoms with E-state index < -0.39 is 0 Å². The van der Waals surface area contributed by atoms with Crippen molar-refractivity contribution < 1.29 is 14.7 Å². The molecule has 0 spiro atoms. The number of hydrogen-bond acceptors (Lipinski definition) is 5. The molecule has 3 N–H and O–H groups in total. The minimum absolute atomic E-state index is 0.200. The fraction of sp³-hybridized carbons (Fsp3) is 0.533. The average Bonchev–Trinajstić information content (AvgIpc) is 3.28. The van der Waals surface area contributed by atoms with Crippen LogP contribution in [0.2, 0.25) is 0 Å². The molecule has 0 aromatic heterocycles. The van der Waals surface area contributed by atoms with Gasteiger partial charge in [0.05, 0.1) is 13.2 Å². The molecule has 1 aliphatic carbocycles. The maximum absolute atomic E-state index is 8.70. The molecule has 0 bridgehead atoms. The molecular weight excluding hydrogens is 288 g/mol. The van der Waals surface area contributed by atoms with Gasteiger partial charge in [0.1, 0.15) is 5.84 Å². The molecule has 1 heterocycles. The lowest BCUT2D eigenvalue weighted by molar-refractivity contribution is 0.297. The summed E-state index contributed by atoms with van der Waals surface area (Å²) in [4.78, 5) is 1.17. The van der Waals surface area contributed by atoms with Crippen molar-refractivity contribution in [3.8, 4) is 11.5 Å². The first-order valence-corrected chi connectivity index (χ1v) is 8.18. The van der Waals surface area contributed by atoms with E-state index >= 15 is 0 Å². The number of hydrogen-bond donors (Lipinski definition) is 2. The van der Waals surface area contributed by atoms with Crippen LogP contribution in [0.4, 0.5) is 0 Å². The molecule has 1 fully saturated rings. The smallest absolute Gasteiger partial charge is 0.162 e. The van der Waals surface area contributed by atoms with Crippen LogP contribution >= 0.6 is 11.8 Å². The number of nitrogens with zero attached hydrogens (tertiary/aromatic N) is 1. The van der Waals surface area contributed by atoms with Crippen molar-refractivity contribution in [2.45, 2.75) is 30.6 Å². The average molecular weight is 308 g/mol. The summed E-state index contributed by atoms with van der Waals surface area (Å²) in [5.41, 5.74) is 5.83. The molecule has 1 aliphatic heterocycles. The summed E-state index contributed by atoms with van der Waals surface area (Å²) in [6.07, 6.45) is 3.86. The number of benzene rings is 1. The zero-order valence-corrected chi connectivity index (χ0v) is 12.7. The van der Waals surface area contributed by atoms with Gasteiger partial charge in [0.15, 0.2) is 11.5 Å². The van der Waals surface area contributed by atoms with Gasteiger partial charge in [-0.3, -0.25) is 0 Å². The fourth-order valence-corrected chi connectivity index (χ4v) is 3.66. The van der Waals surface area contributed by atoms with E-state index in [-0.39, 0.29) is 5.41 Å². The monoisotopic (exact) mass is 308 g/mol. The second-order valence-corrected chi connectivity index (χ2v) is 6.76. The molecule has 0 radical (unpaired) electrons. The Hall–Kier alpha value is -1.56. The van der Waals surface area contributed by atoms with E-state index in [4.69, 9.17) is 20.4 Å². The Kier molecular flexibility index (Phi) is 4.14. The Morgan fingerprint density at radius 2 is 2.05 bits per heavy atom. The molecule has 1 aromatic rings. The molecular formula is C15H20N2O3S. The summed E-state index contributed by atoms with van der Waals surface area (Å²) in [7, 11) is 0. The predicted molar refractivity (Wildman–Crippen MR) is 82.5 cm³/mol. The topological polar surface area (TPSA) is 77.1 Å². The Balaban J connectivity index is 1.62. The first-order chi connectivity index (χ1) is 10.2. The molecule has 3 rings (SSSR count).